The monoisotopic (exact) mass is 267 g/mol. The minimum atomic E-state index is 0.662. The summed E-state index contributed by atoms with van der Waals surface area (Å²) < 4.78 is 2.34. The first-order valence-electron chi connectivity index (χ1n) is 7.55. The lowest BCUT2D eigenvalue weighted by Crippen LogP contribution is -2.14. The largest absolute Gasteiger partial charge is 0.347 e. The number of hydrogen-bond donors (Lipinski definition) is 1. The summed E-state index contributed by atoms with van der Waals surface area (Å²) in [5.41, 5.74) is 2.71. The van der Waals surface area contributed by atoms with Crippen LogP contribution in [-0.2, 0) is 13.1 Å². The molecule has 0 atom stereocenters. The van der Waals surface area contributed by atoms with Crippen LogP contribution in [0.2, 0.25) is 0 Å². The van der Waals surface area contributed by atoms with Crippen LogP contribution in [0.5, 0.6) is 0 Å². The second kappa shape index (κ2) is 6.11. The molecule has 1 heterocycles. The molecule has 3 nitrogen and oxygen atoms in total. The van der Waals surface area contributed by atoms with Gasteiger partial charge in [-0.3, -0.25) is 0 Å². The molecule has 3 rings (SSSR count). The van der Waals surface area contributed by atoms with Crippen LogP contribution in [0, 0.1) is 11.3 Å². The van der Waals surface area contributed by atoms with E-state index in [1.165, 1.54) is 29.3 Å². The number of aromatic nitrogens is 1. The Balaban J connectivity index is 1.74. The molecule has 0 radical (unpaired) electrons. The molecule has 1 N–H and O–H groups in total. The molecule has 3 heteroatoms. The van der Waals surface area contributed by atoms with Gasteiger partial charge in [0, 0.05) is 42.7 Å². The summed E-state index contributed by atoms with van der Waals surface area (Å²) >= 11 is 0. The predicted molar refractivity (Wildman–Crippen MR) is 81.3 cm³/mol. The molecule has 20 heavy (non-hydrogen) atoms. The van der Waals surface area contributed by atoms with Gasteiger partial charge in [-0.25, -0.2) is 0 Å². The van der Waals surface area contributed by atoms with Crippen LogP contribution < -0.4 is 5.32 Å². The van der Waals surface area contributed by atoms with E-state index in [1.54, 1.807) is 0 Å². The van der Waals surface area contributed by atoms with Crippen molar-refractivity contribution in [3.8, 4) is 6.07 Å². The highest BCUT2D eigenvalue weighted by Gasteiger charge is 2.20. The van der Waals surface area contributed by atoms with Crippen LogP contribution in [0.1, 0.15) is 37.7 Å². The molecule has 1 aliphatic carbocycles. The fourth-order valence-corrected chi connectivity index (χ4v) is 2.68. The number of hydrogen-bond acceptors (Lipinski definition) is 2. The maximum absolute atomic E-state index is 8.60. The predicted octanol–water partition coefficient (Wildman–Crippen LogP) is 3.59. The number of nitrogens with one attached hydrogen (secondary N) is 1. The molecule has 0 bridgehead atoms. The molecule has 1 fully saturated rings. The summed E-state index contributed by atoms with van der Waals surface area (Å²) in [7, 11) is 0. The molecular weight excluding hydrogens is 246 g/mol. The van der Waals surface area contributed by atoms with Gasteiger partial charge in [0.2, 0.25) is 0 Å². The smallest absolute Gasteiger partial charge is 0.0621 e. The Bertz CT molecular complexity index is 617. The minimum absolute atomic E-state index is 0.662. The quantitative estimate of drug-likeness (QED) is 0.779. The summed E-state index contributed by atoms with van der Waals surface area (Å²) in [5.74, 6) is 0. The number of nitrogens with zero attached hydrogens (tertiary/aromatic N) is 2. The highest BCUT2D eigenvalue weighted by molar-refractivity contribution is 5.83. The molecule has 0 amide bonds. The van der Waals surface area contributed by atoms with Crippen molar-refractivity contribution in [3.05, 3.63) is 36.0 Å². The molecule has 1 aromatic heterocycles. The van der Waals surface area contributed by atoms with Crippen molar-refractivity contribution in [2.75, 3.05) is 0 Å². The van der Waals surface area contributed by atoms with Gasteiger partial charge in [0.05, 0.1) is 6.07 Å². The SMILES string of the molecule is N#CCCCCn1cc(CNC2CC2)c2ccccc21. The van der Waals surface area contributed by atoms with Crippen LogP contribution in [0.4, 0.5) is 0 Å². The van der Waals surface area contributed by atoms with Crippen LogP contribution in [0.3, 0.4) is 0 Å². The number of para-hydroxylation sites is 1. The van der Waals surface area contributed by atoms with E-state index in [4.69, 9.17) is 5.26 Å². The fraction of sp³-hybridized carbons (Fsp3) is 0.471. The number of aryl methyl sites for hydroxylation is 1. The Labute approximate surface area is 120 Å². The maximum Gasteiger partial charge on any atom is 0.0621 e. The van der Waals surface area contributed by atoms with E-state index in [0.717, 1.165) is 32.0 Å². The average Bonchev–Trinajstić information content (AvgIpc) is 3.24. The zero-order valence-corrected chi connectivity index (χ0v) is 11.8. The van der Waals surface area contributed by atoms with Crippen LogP contribution in [-0.4, -0.2) is 10.6 Å². The van der Waals surface area contributed by atoms with E-state index < -0.39 is 0 Å². The van der Waals surface area contributed by atoms with Crippen LogP contribution in [0.25, 0.3) is 10.9 Å². The van der Waals surface area contributed by atoms with Gasteiger partial charge in [0.25, 0.3) is 0 Å². The Kier molecular flexibility index (Phi) is 4.03. The summed E-state index contributed by atoms with van der Waals surface area (Å²) in [6, 6.07) is 11.6. The summed E-state index contributed by atoms with van der Waals surface area (Å²) in [6.45, 7) is 1.97. The topological polar surface area (TPSA) is 40.8 Å². The zero-order valence-electron chi connectivity index (χ0n) is 11.8. The molecule has 1 saturated carbocycles. The van der Waals surface area contributed by atoms with Gasteiger partial charge >= 0.3 is 0 Å². The first kappa shape index (κ1) is 13.2. The van der Waals surface area contributed by atoms with Crippen molar-refractivity contribution in [1.82, 2.24) is 9.88 Å². The maximum atomic E-state index is 8.60. The van der Waals surface area contributed by atoms with Crippen molar-refractivity contribution in [1.29, 1.82) is 5.26 Å². The van der Waals surface area contributed by atoms with Gasteiger partial charge < -0.3 is 9.88 Å². The molecule has 104 valence electrons. The van der Waals surface area contributed by atoms with Crippen molar-refractivity contribution in [2.24, 2.45) is 0 Å². The van der Waals surface area contributed by atoms with E-state index in [2.05, 4.69) is 46.4 Å². The van der Waals surface area contributed by atoms with Gasteiger partial charge in [-0.2, -0.15) is 5.26 Å². The highest BCUT2D eigenvalue weighted by atomic mass is 15.0. The van der Waals surface area contributed by atoms with Gasteiger partial charge in [0.15, 0.2) is 0 Å². The van der Waals surface area contributed by atoms with E-state index in [9.17, 15) is 0 Å². The van der Waals surface area contributed by atoms with Crippen molar-refractivity contribution >= 4 is 10.9 Å². The number of unbranched alkanes of at least 4 members (excludes halogenated alkanes) is 2. The molecule has 0 spiro atoms. The molecule has 0 unspecified atom stereocenters. The first-order chi connectivity index (χ1) is 9.88. The zero-order chi connectivity index (χ0) is 13.8. The standard InChI is InChI=1S/C17H21N3/c18-10-4-1-5-11-20-13-14(12-19-15-8-9-15)16-6-2-3-7-17(16)20/h2-3,6-7,13,15,19H,1,4-5,8-9,11-12H2. The Morgan fingerprint density at radius 2 is 2.10 bits per heavy atom. The van der Waals surface area contributed by atoms with Crippen molar-refractivity contribution in [3.63, 3.8) is 0 Å². The Morgan fingerprint density at radius 1 is 1.25 bits per heavy atom. The van der Waals surface area contributed by atoms with Crippen molar-refractivity contribution in [2.45, 2.75) is 51.2 Å². The first-order valence-corrected chi connectivity index (χ1v) is 7.55. The highest BCUT2D eigenvalue weighted by Crippen LogP contribution is 2.24. The second-order valence-corrected chi connectivity index (χ2v) is 5.64. The van der Waals surface area contributed by atoms with E-state index in [-0.39, 0.29) is 0 Å². The van der Waals surface area contributed by atoms with Gasteiger partial charge in [0.1, 0.15) is 0 Å². The fourth-order valence-electron chi connectivity index (χ4n) is 2.68. The number of nitriles is 1. The van der Waals surface area contributed by atoms with Crippen molar-refractivity contribution < 1.29 is 0 Å². The number of fused-ring (bicyclic) bond motifs is 1. The number of benzene rings is 1. The summed E-state index contributed by atoms with van der Waals surface area (Å²) in [6.07, 6.45) is 7.65. The normalized spacial score (nSPS) is 14.6. The molecular formula is C17H21N3. The molecule has 0 aliphatic heterocycles. The summed E-state index contributed by atoms with van der Waals surface area (Å²) in [5, 5.41) is 13.6. The lowest BCUT2D eigenvalue weighted by molar-refractivity contribution is 0.627. The molecule has 0 saturated heterocycles. The third-order valence-electron chi connectivity index (χ3n) is 3.97. The lowest BCUT2D eigenvalue weighted by Gasteiger charge is -2.03. The third kappa shape index (κ3) is 3.02. The Hall–Kier alpha value is -1.79. The average molecular weight is 267 g/mol. The van der Waals surface area contributed by atoms with Gasteiger partial charge in [-0.1, -0.05) is 18.2 Å². The van der Waals surface area contributed by atoms with E-state index >= 15 is 0 Å². The minimum Gasteiger partial charge on any atom is -0.347 e. The Morgan fingerprint density at radius 3 is 2.90 bits per heavy atom. The molecule has 1 aromatic carbocycles. The van der Waals surface area contributed by atoms with Crippen LogP contribution in [0.15, 0.2) is 30.5 Å². The lowest BCUT2D eigenvalue weighted by atomic mass is 10.2. The molecule has 1 aliphatic rings. The van der Waals surface area contributed by atoms with Gasteiger partial charge in [-0.15, -0.1) is 0 Å². The third-order valence-corrected chi connectivity index (χ3v) is 3.97. The second-order valence-electron chi connectivity index (χ2n) is 5.64. The van der Waals surface area contributed by atoms with E-state index in [0.29, 0.717) is 6.42 Å². The number of rotatable bonds is 7. The van der Waals surface area contributed by atoms with Gasteiger partial charge in [-0.05, 0) is 37.3 Å². The van der Waals surface area contributed by atoms with Crippen LogP contribution >= 0.6 is 0 Å². The molecule has 2 aromatic rings. The van der Waals surface area contributed by atoms with E-state index in [1.807, 2.05) is 0 Å². The summed E-state index contributed by atoms with van der Waals surface area (Å²) in [4.78, 5) is 0.